The molecule has 0 aliphatic carbocycles. The standard InChI is InChI=1S/C15H19F2N3/c1-3-18-14(8-11-9-19-20(4-2)10-11)12-6-5-7-13(16)15(12)17/h5-7,9-10,14,18H,3-4,8H2,1-2H3. The van der Waals surface area contributed by atoms with Crippen LogP contribution in [0.25, 0.3) is 0 Å². The summed E-state index contributed by atoms with van der Waals surface area (Å²) in [6.45, 7) is 5.42. The van der Waals surface area contributed by atoms with Gasteiger partial charge < -0.3 is 5.32 Å². The van der Waals surface area contributed by atoms with Crippen LogP contribution in [0.2, 0.25) is 0 Å². The average Bonchev–Trinajstić information content (AvgIpc) is 2.89. The van der Waals surface area contributed by atoms with Crippen molar-refractivity contribution in [2.75, 3.05) is 6.54 Å². The molecular formula is C15H19F2N3. The Morgan fingerprint density at radius 1 is 1.30 bits per heavy atom. The zero-order valence-electron chi connectivity index (χ0n) is 11.7. The summed E-state index contributed by atoms with van der Waals surface area (Å²) in [6, 6.07) is 4.03. The molecule has 0 spiro atoms. The van der Waals surface area contributed by atoms with Gasteiger partial charge in [-0.1, -0.05) is 19.1 Å². The minimum Gasteiger partial charge on any atom is -0.310 e. The number of benzene rings is 1. The molecule has 2 aromatic rings. The molecule has 20 heavy (non-hydrogen) atoms. The molecule has 1 unspecified atom stereocenters. The van der Waals surface area contributed by atoms with Crippen LogP contribution in [0.1, 0.15) is 31.0 Å². The highest BCUT2D eigenvalue weighted by atomic mass is 19.2. The number of likely N-dealkylation sites (N-methyl/N-ethyl adjacent to an activating group) is 1. The Morgan fingerprint density at radius 3 is 2.75 bits per heavy atom. The van der Waals surface area contributed by atoms with Crippen LogP contribution < -0.4 is 5.32 Å². The number of hydrogen-bond acceptors (Lipinski definition) is 2. The third-order valence-corrected chi connectivity index (χ3v) is 3.26. The maximum absolute atomic E-state index is 13.9. The molecular weight excluding hydrogens is 260 g/mol. The summed E-state index contributed by atoms with van der Waals surface area (Å²) in [4.78, 5) is 0. The summed E-state index contributed by atoms with van der Waals surface area (Å²) in [7, 11) is 0. The summed E-state index contributed by atoms with van der Waals surface area (Å²) < 4.78 is 29.1. The lowest BCUT2D eigenvalue weighted by Gasteiger charge is -2.18. The van der Waals surface area contributed by atoms with Crippen molar-refractivity contribution in [3.05, 3.63) is 53.4 Å². The molecule has 0 aliphatic heterocycles. The Labute approximate surface area is 117 Å². The first-order valence-corrected chi connectivity index (χ1v) is 6.84. The highest BCUT2D eigenvalue weighted by Gasteiger charge is 2.18. The predicted molar refractivity (Wildman–Crippen MR) is 74.4 cm³/mol. The quantitative estimate of drug-likeness (QED) is 0.880. The molecule has 0 fully saturated rings. The third-order valence-electron chi connectivity index (χ3n) is 3.26. The fourth-order valence-corrected chi connectivity index (χ4v) is 2.25. The second-order valence-electron chi connectivity index (χ2n) is 4.66. The number of aromatic nitrogens is 2. The topological polar surface area (TPSA) is 29.9 Å². The third kappa shape index (κ3) is 3.22. The number of nitrogens with zero attached hydrogens (tertiary/aromatic N) is 2. The van der Waals surface area contributed by atoms with Crippen LogP contribution in [0, 0.1) is 11.6 Å². The number of nitrogens with one attached hydrogen (secondary N) is 1. The van der Waals surface area contributed by atoms with Crippen molar-refractivity contribution in [2.45, 2.75) is 32.9 Å². The fourth-order valence-electron chi connectivity index (χ4n) is 2.25. The normalized spacial score (nSPS) is 12.6. The van der Waals surface area contributed by atoms with Gasteiger partial charge in [0.05, 0.1) is 6.20 Å². The smallest absolute Gasteiger partial charge is 0.163 e. The molecule has 0 aliphatic rings. The maximum atomic E-state index is 13.9. The van der Waals surface area contributed by atoms with Crippen LogP contribution in [0.15, 0.2) is 30.6 Å². The lowest BCUT2D eigenvalue weighted by molar-refractivity contribution is 0.464. The van der Waals surface area contributed by atoms with Gasteiger partial charge in [-0.2, -0.15) is 5.10 Å². The molecule has 5 heteroatoms. The van der Waals surface area contributed by atoms with E-state index >= 15 is 0 Å². The summed E-state index contributed by atoms with van der Waals surface area (Å²) in [5, 5.41) is 7.40. The number of rotatable bonds is 6. The molecule has 1 aromatic heterocycles. The Hall–Kier alpha value is -1.75. The van der Waals surface area contributed by atoms with Crippen molar-refractivity contribution in [2.24, 2.45) is 0 Å². The van der Waals surface area contributed by atoms with Gasteiger partial charge in [-0.25, -0.2) is 8.78 Å². The van der Waals surface area contributed by atoms with Gasteiger partial charge in [-0.3, -0.25) is 4.68 Å². The highest BCUT2D eigenvalue weighted by molar-refractivity contribution is 5.24. The Bertz CT molecular complexity index is 566. The highest BCUT2D eigenvalue weighted by Crippen LogP contribution is 2.22. The molecule has 2 rings (SSSR count). The first-order valence-electron chi connectivity index (χ1n) is 6.84. The Kier molecular flexibility index (Phi) is 4.84. The first-order chi connectivity index (χ1) is 9.65. The lowest BCUT2D eigenvalue weighted by atomic mass is 10.00. The summed E-state index contributed by atoms with van der Waals surface area (Å²) in [5.74, 6) is -1.59. The van der Waals surface area contributed by atoms with Crippen LogP contribution in [-0.4, -0.2) is 16.3 Å². The molecule has 1 heterocycles. The van der Waals surface area contributed by atoms with E-state index in [0.29, 0.717) is 18.5 Å². The van der Waals surface area contributed by atoms with E-state index in [1.165, 1.54) is 6.07 Å². The van der Waals surface area contributed by atoms with Crippen molar-refractivity contribution >= 4 is 0 Å². The fraction of sp³-hybridized carbons (Fsp3) is 0.400. The van der Waals surface area contributed by atoms with Gasteiger partial charge in [0.15, 0.2) is 11.6 Å². The van der Waals surface area contributed by atoms with E-state index in [1.807, 2.05) is 24.7 Å². The van der Waals surface area contributed by atoms with E-state index in [4.69, 9.17) is 0 Å². The van der Waals surface area contributed by atoms with Crippen LogP contribution >= 0.6 is 0 Å². The second kappa shape index (κ2) is 6.61. The van der Waals surface area contributed by atoms with E-state index in [2.05, 4.69) is 10.4 Å². The van der Waals surface area contributed by atoms with Gasteiger partial charge in [-0.05, 0) is 31.5 Å². The Balaban J connectivity index is 2.24. The van der Waals surface area contributed by atoms with Crippen LogP contribution in [0.4, 0.5) is 8.78 Å². The number of hydrogen-bond donors (Lipinski definition) is 1. The van der Waals surface area contributed by atoms with Gasteiger partial charge in [0.25, 0.3) is 0 Å². The largest absolute Gasteiger partial charge is 0.310 e. The molecule has 0 bridgehead atoms. The van der Waals surface area contributed by atoms with E-state index in [1.54, 1.807) is 12.3 Å². The lowest BCUT2D eigenvalue weighted by Crippen LogP contribution is -2.24. The molecule has 0 saturated heterocycles. The molecule has 1 aromatic carbocycles. The second-order valence-corrected chi connectivity index (χ2v) is 4.66. The molecule has 0 amide bonds. The first kappa shape index (κ1) is 14.7. The molecule has 1 atom stereocenters. The summed E-state index contributed by atoms with van der Waals surface area (Å²) >= 11 is 0. The van der Waals surface area contributed by atoms with Gasteiger partial charge >= 0.3 is 0 Å². The summed E-state index contributed by atoms with van der Waals surface area (Å²) in [5.41, 5.74) is 1.36. The molecule has 1 N–H and O–H groups in total. The predicted octanol–water partition coefficient (Wildman–Crippen LogP) is 3.07. The number of aryl methyl sites for hydroxylation is 1. The van der Waals surface area contributed by atoms with E-state index < -0.39 is 11.6 Å². The minimum absolute atomic E-state index is 0.259. The zero-order valence-corrected chi connectivity index (χ0v) is 11.7. The van der Waals surface area contributed by atoms with Gasteiger partial charge in [0, 0.05) is 24.3 Å². The average molecular weight is 279 g/mol. The van der Waals surface area contributed by atoms with Crippen molar-refractivity contribution in [3.63, 3.8) is 0 Å². The van der Waals surface area contributed by atoms with Gasteiger partial charge in [0.1, 0.15) is 0 Å². The zero-order chi connectivity index (χ0) is 14.5. The van der Waals surface area contributed by atoms with Crippen LogP contribution in [0.5, 0.6) is 0 Å². The molecule has 0 radical (unpaired) electrons. The van der Waals surface area contributed by atoms with Gasteiger partial charge in [-0.15, -0.1) is 0 Å². The van der Waals surface area contributed by atoms with E-state index in [9.17, 15) is 8.78 Å². The SMILES string of the molecule is CCNC(Cc1cnn(CC)c1)c1cccc(F)c1F. The monoisotopic (exact) mass is 279 g/mol. The minimum atomic E-state index is -0.811. The van der Waals surface area contributed by atoms with Gasteiger partial charge in [0.2, 0.25) is 0 Å². The van der Waals surface area contributed by atoms with E-state index in [0.717, 1.165) is 18.2 Å². The van der Waals surface area contributed by atoms with E-state index in [-0.39, 0.29) is 6.04 Å². The molecule has 108 valence electrons. The van der Waals surface area contributed by atoms with Crippen molar-refractivity contribution < 1.29 is 8.78 Å². The van der Waals surface area contributed by atoms with Crippen LogP contribution in [0.3, 0.4) is 0 Å². The molecule has 0 saturated carbocycles. The summed E-state index contributed by atoms with van der Waals surface area (Å²) in [6.07, 6.45) is 4.28. The van der Waals surface area contributed by atoms with Crippen molar-refractivity contribution in [1.29, 1.82) is 0 Å². The van der Waals surface area contributed by atoms with Crippen LogP contribution in [-0.2, 0) is 13.0 Å². The Morgan fingerprint density at radius 2 is 2.10 bits per heavy atom. The van der Waals surface area contributed by atoms with Crippen molar-refractivity contribution in [3.8, 4) is 0 Å². The molecule has 3 nitrogen and oxygen atoms in total. The maximum Gasteiger partial charge on any atom is 0.163 e. The number of halogens is 2. The van der Waals surface area contributed by atoms with Crippen molar-refractivity contribution in [1.82, 2.24) is 15.1 Å².